The number of aryl methyl sites for hydroxylation is 2. The summed E-state index contributed by atoms with van der Waals surface area (Å²) in [7, 11) is -3.42. The maximum atomic E-state index is 14.6. The van der Waals surface area contributed by atoms with E-state index in [9.17, 15) is 24.3 Å². The molecule has 1 atom stereocenters. The number of nitrogens with zero attached hydrogens (tertiary/aromatic N) is 8. The predicted molar refractivity (Wildman–Crippen MR) is 380 cm³/mol. The van der Waals surface area contributed by atoms with Crippen molar-refractivity contribution in [2.24, 2.45) is 0 Å². The second-order valence-electron chi connectivity index (χ2n) is 26.5. The zero-order valence-corrected chi connectivity index (χ0v) is 65.5. The average molecular weight is 1440 g/mol. The van der Waals surface area contributed by atoms with Crippen LogP contribution in [0.15, 0.2) is 106 Å². The van der Waals surface area contributed by atoms with Crippen LogP contribution in [-0.2, 0) is 23.9 Å². The fourth-order valence-corrected chi connectivity index (χ4v) is 11.3. The van der Waals surface area contributed by atoms with Crippen LogP contribution in [-0.4, -0.2) is 129 Å². The van der Waals surface area contributed by atoms with E-state index in [0.717, 1.165) is 102 Å². The number of hydrogen-bond donors (Lipinski definition) is 1. The molecule has 2 aromatic heterocycles. The van der Waals surface area contributed by atoms with Crippen molar-refractivity contribution in [2.45, 2.75) is 196 Å². The van der Waals surface area contributed by atoms with Gasteiger partial charge >= 0.3 is 29.6 Å². The molecule has 14 nitrogen and oxygen atoms in total. The molecular weight excluding hydrogens is 1340 g/mol. The van der Waals surface area contributed by atoms with Crippen molar-refractivity contribution in [2.75, 3.05) is 39.4 Å². The maximum Gasteiger partial charge on any atom is 1.00 e. The molecule has 0 saturated carbocycles. The first-order valence-electron chi connectivity index (χ1n) is 32.1. The summed E-state index contributed by atoms with van der Waals surface area (Å²) in [5.41, 5.74) is 7.74. The van der Waals surface area contributed by atoms with Crippen LogP contribution in [0.3, 0.4) is 0 Å². The van der Waals surface area contributed by atoms with Crippen LogP contribution in [0.5, 0.6) is 0 Å². The fraction of sp³-hybridized carbons (Fsp3) is 0.507. The van der Waals surface area contributed by atoms with E-state index in [1.165, 1.54) is 17.0 Å². The Kier molecular flexibility index (Phi) is 31.9. The van der Waals surface area contributed by atoms with Crippen molar-refractivity contribution in [1.29, 1.82) is 0 Å². The van der Waals surface area contributed by atoms with Crippen LogP contribution in [0, 0.1) is 26.5 Å². The number of fused-ring (bicyclic) bond motifs is 1. The standard InChI is InChI=1S/C36H51BrN4O3Si.C29H35BrN4O3.C6H15ClSi.Na/c1-9-11-19-39(20-12-10-2)35(43)32-21-26(3)41(38-32)33-18-17-29(37)23-31(33)34(42)40-24-28-16-14-13-15-27(28)22-30(40)25-44-45(7,8)36(4,5)6;1-4-6-15-32(16-7-5-2)29(37)26-19-22(3)34(31-26)27-14-13-24(30)20-25(27)28(36)33(17-18-35)21-23-11-9-8-10-12-23;1-6(2,3)8(4,5)7;/h13-18,21,23,30H,9-12,19-20,22,24-25H2,1-8H3;8-11,13-14,17,19-20,35H,4-7,15-16,18,21H2,1-3H3;1-5H3;/q;-2;;+1/t30-;;;/m0.../s1. The summed E-state index contributed by atoms with van der Waals surface area (Å²) in [6.07, 6.45) is 8.61. The molecule has 4 amide bonds. The van der Waals surface area contributed by atoms with E-state index in [4.69, 9.17) is 20.6 Å². The molecule has 0 radical (unpaired) electrons. The van der Waals surface area contributed by atoms with Gasteiger partial charge in [0, 0.05) is 53.1 Å². The Morgan fingerprint density at radius 3 is 1.55 bits per heavy atom. The molecule has 20 heteroatoms. The zero-order valence-electron chi connectivity index (χ0n) is 57.6. The van der Waals surface area contributed by atoms with Gasteiger partial charge in [-0.2, -0.15) is 51.6 Å². The molecule has 91 heavy (non-hydrogen) atoms. The Labute approximate surface area is 591 Å². The van der Waals surface area contributed by atoms with Gasteiger partial charge in [0.05, 0.1) is 35.2 Å². The molecule has 0 unspecified atom stereocenters. The summed E-state index contributed by atoms with van der Waals surface area (Å²) in [6.45, 7) is 39.8. The molecule has 0 spiro atoms. The van der Waals surface area contributed by atoms with E-state index in [1.54, 1.807) is 27.6 Å². The second kappa shape index (κ2) is 36.6. The molecule has 0 saturated heterocycles. The van der Waals surface area contributed by atoms with Crippen LogP contribution < -0.4 is 29.6 Å². The molecule has 0 aliphatic carbocycles. The number of aliphatic hydroxyl groups is 1. The summed E-state index contributed by atoms with van der Waals surface area (Å²) in [5, 5.41) is 19.5. The van der Waals surface area contributed by atoms with Gasteiger partial charge in [-0.15, -0.1) is 5.56 Å². The van der Waals surface area contributed by atoms with Crippen LogP contribution in [0.4, 0.5) is 0 Å². The molecule has 0 fully saturated rings. The van der Waals surface area contributed by atoms with Crippen molar-refractivity contribution < 1.29 is 58.3 Å². The smallest absolute Gasteiger partial charge is 0.485 e. The van der Waals surface area contributed by atoms with Crippen LogP contribution >= 0.6 is 42.9 Å². The first-order chi connectivity index (χ1) is 42.4. The minimum absolute atomic E-state index is 0. The summed E-state index contributed by atoms with van der Waals surface area (Å²) in [6, 6.07) is 33.5. The number of aliphatic hydroxyl groups excluding tert-OH is 1. The summed E-state index contributed by atoms with van der Waals surface area (Å²) >= 11 is 13.2. The van der Waals surface area contributed by atoms with Gasteiger partial charge in [0.25, 0.3) is 17.7 Å². The quantitative estimate of drug-likeness (QED) is 0.0339. The number of aromatic nitrogens is 4. The van der Waals surface area contributed by atoms with Crippen molar-refractivity contribution >= 4 is 82.3 Å². The van der Waals surface area contributed by atoms with Crippen LogP contribution in [0.25, 0.3) is 11.4 Å². The van der Waals surface area contributed by atoms with Gasteiger partial charge in [0.2, 0.25) is 5.91 Å². The summed E-state index contributed by atoms with van der Waals surface area (Å²) < 4.78 is 11.7. The minimum Gasteiger partial charge on any atom is -0.485 e. The summed E-state index contributed by atoms with van der Waals surface area (Å²) in [5.74, 6) is -0.513. The van der Waals surface area contributed by atoms with Gasteiger partial charge in [-0.1, -0.05) is 171 Å². The SMILES string of the molecule is CC(C)(C)[Si](C)(C)Cl.CCCCN(CCCC)C(=O)c1cc(C)n(-c2ccc(Br)cc2C(=O)N([CH-]CO)Cc2[c-]cccc2)n1.CCCCN(CCCC)C(=O)c1cc(C)n(-c2ccc(Br)cc2C(=O)N2Cc3ccccc3C[C@H]2CO[Si](C)(C)C(C)(C)C)n1.[Na+]. The average Bonchev–Trinajstić information content (AvgIpc) is 1.78. The first-order valence-corrected chi connectivity index (χ1v) is 40.6. The van der Waals surface area contributed by atoms with Crippen LogP contribution in [0.1, 0.15) is 190 Å². The van der Waals surface area contributed by atoms with E-state index < -0.39 is 15.7 Å². The van der Waals surface area contributed by atoms with E-state index in [2.05, 4.69) is 157 Å². The van der Waals surface area contributed by atoms with E-state index in [1.807, 2.05) is 89.2 Å². The zero-order chi connectivity index (χ0) is 66.7. The fourth-order valence-electron chi connectivity index (χ4n) is 9.56. The Morgan fingerprint density at radius 2 is 1.12 bits per heavy atom. The molecule has 492 valence electrons. The van der Waals surface area contributed by atoms with Crippen molar-refractivity contribution in [1.82, 2.24) is 39.2 Å². The molecular formula is C71H101Br2ClN8NaO6Si2-. The molecule has 1 aliphatic heterocycles. The second-order valence-corrected chi connectivity index (χ2v) is 40.4. The number of carbonyl (C=O) groups is 4. The largest absolute Gasteiger partial charge is 1.00 e. The maximum absolute atomic E-state index is 14.6. The number of halogens is 3. The van der Waals surface area contributed by atoms with Gasteiger partial charge < -0.3 is 29.1 Å². The number of amides is 4. The van der Waals surface area contributed by atoms with Gasteiger partial charge in [0.15, 0.2) is 27.1 Å². The minimum atomic E-state index is -2.03. The Morgan fingerprint density at radius 1 is 0.670 bits per heavy atom. The third-order valence-corrected chi connectivity index (χ3v) is 28.0. The van der Waals surface area contributed by atoms with Gasteiger partial charge in [-0.3, -0.25) is 19.2 Å². The van der Waals surface area contributed by atoms with Crippen molar-refractivity contribution in [3.05, 3.63) is 169 Å². The number of rotatable bonds is 25. The molecule has 1 N–H and O–H groups in total. The molecule has 3 heterocycles. The van der Waals surface area contributed by atoms with Gasteiger partial charge in [-0.25, -0.2) is 15.9 Å². The third-order valence-electron chi connectivity index (χ3n) is 17.3. The van der Waals surface area contributed by atoms with E-state index in [-0.39, 0.29) is 77.4 Å². The Hall–Kier alpha value is -4.22. The molecule has 4 aromatic carbocycles. The number of hydrogen-bond acceptors (Lipinski definition) is 8. The van der Waals surface area contributed by atoms with Crippen molar-refractivity contribution in [3.63, 3.8) is 0 Å². The Bertz CT molecular complexity index is 3280. The predicted octanol–water partition coefficient (Wildman–Crippen LogP) is 14.4. The molecule has 6 aromatic rings. The van der Waals surface area contributed by atoms with Gasteiger partial charge in [-0.05, 0) is 135 Å². The third kappa shape index (κ3) is 22.4. The van der Waals surface area contributed by atoms with E-state index >= 15 is 0 Å². The molecule has 0 bridgehead atoms. The number of unbranched alkanes of at least 4 members (excludes halogenated alkanes) is 4. The van der Waals surface area contributed by atoms with E-state index in [0.29, 0.717) is 65.2 Å². The Balaban J connectivity index is 0.000000348. The first kappa shape index (κ1) is 79.2. The van der Waals surface area contributed by atoms with Crippen molar-refractivity contribution in [3.8, 4) is 11.4 Å². The topological polar surface area (TPSA) is 146 Å². The van der Waals surface area contributed by atoms with Gasteiger partial charge in [0.1, 0.15) is 0 Å². The molecule has 7 rings (SSSR count). The van der Waals surface area contributed by atoms with Crippen LogP contribution in [0.2, 0.25) is 36.3 Å². The monoisotopic (exact) mass is 1430 g/mol. The normalized spacial score (nSPS) is 13.2. The number of carbonyl (C=O) groups excluding carboxylic acids is 4. The summed E-state index contributed by atoms with van der Waals surface area (Å²) in [4.78, 5) is 62.6. The number of benzene rings is 4. The molecule has 1 aliphatic rings.